The number of H-pyrrole nitrogens is 1. The smallest absolute Gasteiger partial charge is 0.0745 e. The molecule has 1 aromatic carbocycles. The number of halogens is 2. The van der Waals surface area contributed by atoms with Gasteiger partial charge in [0.05, 0.1) is 0 Å². The van der Waals surface area contributed by atoms with Crippen molar-refractivity contribution in [2.75, 3.05) is 0 Å². The molecule has 0 saturated carbocycles. The molecule has 4 heteroatoms. The zero-order valence-corrected chi connectivity index (χ0v) is 24.0. The third-order valence-electron chi connectivity index (χ3n) is 1.98. The molecule has 0 fully saturated rings. The van der Waals surface area contributed by atoms with E-state index in [1.807, 2.05) is 36.4 Å². The normalized spacial score (nSPS) is 8.50. The second-order valence-corrected chi connectivity index (χ2v) is 6.00. The summed E-state index contributed by atoms with van der Waals surface area (Å²) < 4.78 is 0. The van der Waals surface area contributed by atoms with Gasteiger partial charge < -0.3 is 46.5 Å². The number of allylic oxidation sites excluding steroid dienone is 4. The van der Waals surface area contributed by atoms with Crippen molar-refractivity contribution < 1.29 is 20.0 Å². The van der Waals surface area contributed by atoms with Crippen LogP contribution >= 0.6 is 24.8 Å². The number of hydrogen-bond acceptors (Lipinski definition) is 0. The zero-order valence-electron chi connectivity index (χ0n) is 20.8. The van der Waals surface area contributed by atoms with E-state index >= 15 is 0 Å². The number of rotatable bonds is 0. The molecule has 0 aliphatic heterocycles. The van der Waals surface area contributed by atoms with Crippen LogP contribution in [0.15, 0.2) is 48.6 Å². The molecule has 1 aromatic heterocycles. The molecule has 1 heterocycles. The molecule has 1 aliphatic carbocycles. The van der Waals surface area contributed by atoms with Gasteiger partial charge in [0.15, 0.2) is 0 Å². The average Bonchev–Trinajstić information content (AvgIpc) is 3.23. The van der Waals surface area contributed by atoms with Crippen molar-refractivity contribution in [3.63, 3.8) is 0 Å². The predicted molar refractivity (Wildman–Crippen MR) is 147 cm³/mol. The topological polar surface area (TPSA) is 15.8 Å². The van der Waals surface area contributed by atoms with Crippen molar-refractivity contribution >= 4 is 40.5 Å². The first-order valence-electron chi connectivity index (χ1n) is 7.98. The van der Waals surface area contributed by atoms with E-state index in [1.54, 1.807) is 20.0 Å². The summed E-state index contributed by atoms with van der Waals surface area (Å²) in [7, 11) is 0. The Labute approximate surface area is 215 Å². The fraction of sp³-hybridized carbons (Fsp3) is 0.269. The molecule has 30 heavy (non-hydrogen) atoms. The van der Waals surface area contributed by atoms with Gasteiger partial charge in [0.25, 0.3) is 0 Å². The number of para-hydroxylation sites is 1. The molecular weight excluding hydrogens is 445 g/mol. The van der Waals surface area contributed by atoms with Crippen LogP contribution in [-0.2, 0) is 20.0 Å². The molecule has 1 nitrogen and oxygen atoms in total. The van der Waals surface area contributed by atoms with Crippen LogP contribution in [0.4, 0.5) is 0 Å². The summed E-state index contributed by atoms with van der Waals surface area (Å²) in [6, 6.07) is 10.1. The second kappa shape index (κ2) is 38.9. The van der Waals surface area contributed by atoms with Crippen LogP contribution in [0.2, 0.25) is 0 Å². The van der Waals surface area contributed by atoms with E-state index in [-0.39, 0.29) is 54.5 Å². The monoisotopic (exact) mass is 489 g/mol. The first-order valence-corrected chi connectivity index (χ1v) is 9.08. The van der Waals surface area contributed by atoms with Crippen molar-refractivity contribution in [2.24, 2.45) is 0 Å². The van der Waals surface area contributed by atoms with Gasteiger partial charge in [-0.1, -0.05) is 12.1 Å². The largest absolute Gasteiger partial charge is 0.477 e. The van der Waals surface area contributed by atoms with E-state index in [9.17, 15) is 0 Å². The minimum Gasteiger partial charge on any atom is -0.477 e. The molecule has 0 spiro atoms. The molecule has 0 amide bonds. The average molecular weight is 490 g/mol. The fourth-order valence-corrected chi connectivity index (χ4v) is 1.27. The van der Waals surface area contributed by atoms with Gasteiger partial charge in [-0.15, -0.1) is 55.1 Å². The van der Waals surface area contributed by atoms with Crippen LogP contribution in [0.25, 0.3) is 10.9 Å². The van der Waals surface area contributed by atoms with E-state index < -0.39 is 0 Å². The third kappa shape index (κ3) is 41.7. The Morgan fingerprint density at radius 2 is 1.30 bits per heavy atom. The van der Waals surface area contributed by atoms with Gasteiger partial charge in [0.2, 0.25) is 0 Å². The van der Waals surface area contributed by atoms with Gasteiger partial charge in [-0.2, -0.15) is 59.1 Å². The Morgan fingerprint density at radius 3 is 1.60 bits per heavy atom. The van der Waals surface area contributed by atoms with E-state index in [2.05, 4.69) is 75.8 Å². The van der Waals surface area contributed by atoms with E-state index in [4.69, 9.17) is 0 Å². The van der Waals surface area contributed by atoms with E-state index in [0.717, 1.165) is 11.9 Å². The Kier molecular flexibility index (Phi) is 67.2. The fourth-order valence-electron chi connectivity index (χ4n) is 1.27. The number of aromatic amines is 1. The molecule has 0 saturated heterocycles. The predicted octanol–water partition coefficient (Wildman–Crippen LogP) is 9.12. The maximum atomic E-state index is 3.25. The first kappa shape index (κ1) is 51.8. The molecule has 0 atom stereocenters. The van der Waals surface area contributed by atoms with Crippen LogP contribution in [0.1, 0.15) is 48.0 Å². The number of aromatic nitrogens is 1. The molecule has 1 aliphatic rings. The molecule has 0 radical (unpaired) electrons. The molecule has 3 rings (SSSR count). The molecule has 1 N–H and O–H groups in total. The van der Waals surface area contributed by atoms with Crippen LogP contribution in [-0.4, -0.2) is 9.80 Å². The molecule has 0 unspecified atom stereocenters. The molecule has 0 bridgehead atoms. The first-order chi connectivity index (χ1) is 11.4. The number of benzene rings is 1. The number of fused-ring (bicyclic) bond motifs is 1. The standard InChI is InChI=1S/C8H6N.C5H5.2C4H9.4CH3.CH2.2ClH.Ti/c1-2-4-8-7(3-1)5-6-9-8;1-2-4-5-3-1;2*1-4(2)3;;;;;;;;/h1-5,9H;1-3H,4H2;2*1-3H3;4*1H3;1H2;2*1H;/q8*-1;;;;. The molecular formula is C26H45Cl2NTi-8. The zero-order chi connectivity index (χ0) is 18.8. The minimum absolute atomic E-state index is 0. The maximum absolute atomic E-state index is 3.25. The molecule has 180 valence electrons. The summed E-state index contributed by atoms with van der Waals surface area (Å²) in [5, 5.41) is 1.22. The van der Waals surface area contributed by atoms with Crippen LogP contribution in [0, 0.1) is 53.8 Å². The van der Waals surface area contributed by atoms with E-state index in [0.29, 0.717) is 0 Å². The summed E-state index contributed by atoms with van der Waals surface area (Å²) >= 11 is 1.75. The van der Waals surface area contributed by atoms with Gasteiger partial charge in [0.1, 0.15) is 0 Å². The molecule has 2 aromatic rings. The van der Waals surface area contributed by atoms with Gasteiger partial charge in [0, 0.05) is 0 Å². The van der Waals surface area contributed by atoms with Crippen molar-refractivity contribution in [3.05, 3.63) is 102 Å². The minimum atomic E-state index is 0. The van der Waals surface area contributed by atoms with Crippen LogP contribution in [0.3, 0.4) is 0 Å². The summed E-state index contributed by atoms with van der Waals surface area (Å²) in [6.45, 7) is 12.5. The van der Waals surface area contributed by atoms with Crippen molar-refractivity contribution in [1.29, 1.82) is 0 Å². The Hall–Kier alpha value is -0.596. The quantitative estimate of drug-likeness (QED) is 0.280. The summed E-state index contributed by atoms with van der Waals surface area (Å²) in [5.41, 5.74) is 1.15. The van der Waals surface area contributed by atoms with Gasteiger partial charge in [-0.3, -0.25) is 6.08 Å². The van der Waals surface area contributed by atoms with Crippen molar-refractivity contribution in [1.82, 2.24) is 4.98 Å². The van der Waals surface area contributed by atoms with Gasteiger partial charge >= 0.3 is 24.8 Å². The van der Waals surface area contributed by atoms with Crippen molar-refractivity contribution in [3.8, 4) is 0 Å². The van der Waals surface area contributed by atoms with Crippen LogP contribution < -0.4 is 0 Å². The Bertz CT molecular complexity index is 509. The summed E-state index contributed by atoms with van der Waals surface area (Å²) in [5.74, 6) is 2.83. The van der Waals surface area contributed by atoms with Gasteiger partial charge in [-0.25, -0.2) is 12.2 Å². The summed E-state index contributed by atoms with van der Waals surface area (Å²) in [4.78, 5) is 6.24. The third-order valence-corrected chi connectivity index (χ3v) is 1.98. The van der Waals surface area contributed by atoms with Gasteiger partial charge in [-0.05, 0) is 0 Å². The van der Waals surface area contributed by atoms with Crippen molar-refractivity contribution in [2.45, 2.75) is 48.0 Å². The second-order valence-electron chi connectivity index (χ2n) is 6.00. The number of hydrogen-bond donors (Lipinski definition) is 1. The Morgan fingerprint density at radius 1 is 0.867 bits per heavy atom. The Balaban J connectivity index is -0.0000000346. The van der Waals surface area contributed by atoms with E-state index in [1.165, 1.54) is 17.2 Å². The maximum Gasteiger partial charge on any atom is -0.0745 e. The SMILES string of the molecule is C[C-](C)C.C[C-](C)C.Cl.Cl.[C-]1=CC=CC1.[CH2]=[Ti].[CH3-].[CH3-].[CH3-].[CH3-].[c-]1cc2ccccc2[nH]1. The van der Waals surface area contributed by atoms with Crippen LogP contribution in [0.5, 0.6) is 0 Å². The summed E-state index contributed by atoms with van der Waals surface area (Å²) in [6.07, 6.45) is 12.9. The number of nitrogens with one attached hydrogen (secondary N) is 1.